The van der Waals surface area contributed by atoms with Crippen LogP contribution in [-0.4, -0.2) is 15.9 Å². The molecule has 0 amide bonds. The van der Waals surface area contributed by atoms with Gasteiger partial charge in [0.05, 0.1) is 11.3 Å². The topological polar surface area (TPSA) is 53.1 Å². The van der Waals surface area contributed by atoms with Crippen molar-refractivity contribution in [1.29, 1.82) is 0 Å². The smallest absolute Gasteiger partial charge is 0.141 e. The van der Waals surface area contributed by atoms with E-state index >= 15 is 0 Å². The lowest BCUT2D eigenvalue weighted by atomic mass is 9.81. The Balaban J connectivity index is 2.45. The van der Waals surface area contributed by atoms with Gasteiger partial charge < -0.3 is 10.1 Å². The molecule has 2 rings (SSSR count). The summed E-state index contributed by atoms with van der Waals surface area (Å²) in [5.41, 5.74) is 0. The lowest BCUT2D eigenvalue weighted by Gasteiger charge is -2.24. The number of hydrogen-bond acceptors (Lipinski definition) is 2. The van der Waals surface area contributed by atoms with Crippen LogP contribution < -0.4 is 10.6 Å². The van der Waals surface area contributed by atoms with E-state index in [2.05, 4.69) is 18.0 Å². The van der Waals surface area contributed by atoms with Gasteiger partial charge in [-0.25, -0.2) is 0 Å². The van der Waals surface area contributed by atoms with Crippen molar-refractivity contribution in [2.24, 2.45) is 11.8 Å². The summed E-state index contributed by atoms with van der Waals surface area (Å²) in [4.78, 5) is 14.7. The largest absolute Gasteiger partial charge is 0.509 e. The Morgan fingerprint density at radius 2 is 2.29 bits per heavy atom. The maximum absolute atomic E-state index is 11.7. The molecule has 17 heavy (non-hydrogen) atoms. The highest BCUT2D eigenvalue weighted by molar-refractivity contribution is 5.87. The number of unbranched alkanes of at least 4 members (excludes halogenated alkanes) is 1. The Hall–Kier alpha value is -1.51. The quantitative estimate of drug-likeness (QED) is 0.827. The van der Waals surface area contributed by atoms with Crippen LogP contribution in [0.4, 0.5) is 0 Å². The molecule has 0 saturated heterocycles. The van der Waals surface area contributed by atoms with Crippen molar-refractivity contribution in [3.63, 3.8) is 0 Å². The van der Waals surface area contributed by atoms with Crippen molar-refractivity contribution in [2.45, 2.75) is 33.1 Å². The predicted molar refractivity (Wildman–Crippen MR) is 67.7 cm³/mol. The van der Waals surface area contributed by atoms with E-state index < -0.39 is 0 Å². The van der Waals surface area contributed by atoms with E-state index in [-0.39, 0.29) is 23.4 Å². The summed E-state index contributed by atoms with van der Waals surface area (Å²) >= 11 is 0. The van der Waals surface area contributed by atoms with Crippen LogP contribution in [0.15, 0.2) is 12.3 Å². The average molecular weight is 233 g/mol. The van der Waals surface area contributed by atoms with Crippen molar-refractivity contribution in [1.82, 2.24) is 4.98 Å². The van der Waals surface area contributed by atoms with Gasteiger partial charge in [-0.2, -0.15) is 0 Å². The molecule has 0 fully saturated rings. The van der Waals surface area contributed by atoms with Gasteiger partial charge >= 0.3 is 0 Å². The number of Topliss-reactive ketones (excluding diaryl/α,β-unsaturated/α-hetero) is 1. The van der Waals surface area contributed by atoms with Gasteiger partial charge in [-0.3, -0.25) is 4.79 Å². The fourth-order valence-corrected chi connectivity index (χ4v) is 2.61. The maximum Gasteiger partial charge on any atom is 0.141 e. The molecule has 1 aromatic rings. The number of carbonyl (C=O) groups excluding carboxylic acids is 1. The molecule has 3 heteroatoms. The van der Waals surface area contributed by atoms with Crippen molar-refractivity contribution >= 4 is 17.6 Å². The number of ketones is 1. The Kier molecular flexibility index (Phi) is 3.36. The molecule has 0 spiro atoms. The van der Waals surface area contributed by atoms with Crippen molar-refractivity contribution < 1.29 is 9.90 Å². The third kappa shape index (κ3) is 2.14. The highest BCUT2D eigenvalue weighted by Gasteiger charge is 2.30. The molecule has 2 atom stereocenters. The number of aromatic amines is 1. The van der Waals surface area contributed by atoms with Crippen LogP contribution in [0.2, 0.25) is 0 Å². The van der Waals surface area contributed by atoms with Gasteiger partial charge in [0.1, 0.15) is 11.5 Å². The van der Waals surface area contributed by atoms with Gasteiger partial charge in [-0.1, -0.05) is 25.8 Å². The molecule has 2 unspecified atom stereocenters. The van der Waals surface area contributed by atoms with Crippen molar-refractivity contribution in [2.75, 3.05) is 0 Å². The summed E-state index contributed by atoms with van der Waals surface area (Å²) in [5.74, 6) is 0.0182. The minimum Gasteiger partial charge on any atom is -0.509 e. The first kappa shape index (κ1) is 12.0. The average Bonchev–Trinajstić information content (AvgIpc) is 2.74. The molecule has 3 nitrogen and oxygen atoms in total. The molecule has 2 N–H and O–H groups in total. The summed E-state index contributed by atoms with van der Waals surface area (Å²) in [6.45, 7) is 3.69. The zero-order valence-electron chi connectivity index (χ0n) is 10.4. The number of fused-ring (bicyclic) bond motifs is 1. The van der Waals surface area contributed by atoms with E-state index in [1.54, 1.807) is 13.1 Å². The molecule has 0 saturated carbocycles. The minimum absolute atomic E-state index is 0.0418. The van der Waals surface area contributed by atoms with E-state index in [1.165, 1.54) is 0 Å². The zero-order valence-corrected chi connectivity index (χ0v) is 10.4. The number of aliphatic hydroxyl groups excluding tert-OH is 1. The lowest BCUT2D eigenvalue weighted by molar-refractivity contribution is -0.120. The van der Waals surface area contributed by atoms with Gasteiger partial charge in [0.2, 0.25) is 0 Å². The molecule has 0 bridgehead atoms. The van der Waals surface area contributed by atoms with Gasteiger partial charge in [0.25, 0.3) is 0 Å². The third-order valence-corrected chi connectivity index (χ3v) is 3.48. The molecular formula is C14H19NO2. The Morgan fingerprint density at radius 3 is 2.94 bits per heavy atom. The van der Waals surface area contributed by atoms with E-state index in [9.17, 15) is 9.90 Å². The van der Waals surface area contributed by atoms with Gasteiger partial charge in [-0.05, 0) is 30.5 Å². The van der Waals surface area contributed by atoms with Crippen molar-refractivity contribution in [3.8, 4) is 0 Å². The first-order valence-corrected chi connectivity index (χ1v) is 6.24. The highest BCUT2D eigenvalue weighted by atomic mass is 16.3. The Morgan fingerprint density at radius 1 is 1.53 bits per heavy atom. The van der Waals surface area contributed by atoms with Crippen LogP contribution in [-0.2, 0) is 4.79 Å². The second-order valence-corrected chi connectivity index (χ2v) is 4.75. The minimum atomic E-state index is -0.368. The second-order valence-electron chi connectivity index (χ2n) is 4.75. The first-order chi connectivity index (χ1) is 8.15. The molecule has 1 aliphatic carbocycles. The monoisotopic (exact) mass is 233 g/mol. The van der Waals surface area contributed by atoms with E-state index in [0.29, 0.717) is 5.35 Å². The maximum atomic E-state index is 11.7. The number of H-pyrrole nitrogens is 1. The summed E-state index contributed by atoms with van der Waals surface area (Å²) in [5, 5.41) is 11.9. The van der Waals surface area contributed by atoms with Crippen LogP contribution >= 0.6 is 0 Å². The van der Waals surface area contributed by atoms with Gasteiger partial charge in [0.15, 0.2) is 0 Å². The second kappa shape index (κ2) is 4.78. The normalized spacial score (nSPS) is 23.1. The number of rotatable bonds is 4. The molecular weight excluding hydrogens is 214 g/mol. The standard InChI is InChI=1S/C14H19NO2/c1-3-4-5-10-8-11-6-7-15-13(11)14(17)12(10)9(2)16/h6-8,10,12,15,17H,3-5H2,1-2H3. The molecule has 1 aromatic heterocycles. The zero-order chi connectivity index (χ0) is 12.4. The number of hydrogen-bond donors (Lipinski definition) is 2. The Labute approximate surface area is 101 Å². The number of nitrogens with one attached hydrogen (secondary N) is 1. The molecule has 92 valence electrons. The van der Waals surface area contributed by atoms with Crippen LogP contribution in [0.3, 0.4) is 0 Å². The van der Waals surface area contributed by atoms with E-state index in [0.717, 1.165) is 24.5 Å². The summed E-state index contributed by atoms with van der Waals surface area (Å²) in [6.07, 6.45) is 7.06. The van der Waals surface area contributed by atoms with Crippen LogP contribution in [0.1, 0.15) is 33.1 Å². The van der Waals surface area contributed by atoms with Crippen molar-refractivity contribution in [3.05, 3.63) is 22.8 Å². The first-order valence-electron chi connectivity index (χ1n) is 6.24. The molecule has 0 aliphatic heterocycles. The summed E-state index contributed by atoms with van der Waals surface area (Å²) in [6, 6.07) is 1.95. The summed E-state index contributed by atoms with van der Waals surface area (Å²) < 4.78 is 0. The van der Waals surface area contributed by atoms with Crippen LogP contribution in [0.5, 0.6) is 0 Å². The molecule has 1 heterocycles. The SMILES string of the molecule is CCCCC1C=c2cc[nH]c2=C(O)C1C(C)=O. The van der Waals surface area contributed by atoms with Gasteiger partial charge in [-0.15, -0.1) is 0 Å². The predicted octanol–water partition coefficient (Wildman–Crippen LogP) is 1.49. The van der Waals surface area contributed by atoms with Crippen LogP contribution in [0.25, 0.3) is 11.8 Å². The van der Waals surface area contributed by atoms with E-state index in [1.807, 2.05) is 6.07 Å². The molecule has 0 aromatic carbocycles. The third-order valence-electron chi connectivity index (χ3n) is 3.48. The molecule has 1 aliphatic rings. The number of carbonyl (C=O) groups is 1. The van der Waals surface area contributed by atoms with Crippen LogP contribution in [0, 0.1) is 11.8 Å². The summed E-state index contributed by atoms with van der Waals surface area (Å²) in [7, 11) is 0. The Bertz CT molecular complexity index is 527. The fourth-order valence-electron chi connectivity index (χ4n) is 2.61. The number of aliphatic hydroxyl groups is 1. The highest BCUT2D eigenvalue weighted by Crippen LogP contribution is 2.28. The van der Waals surface area contributed by atoms with Gasteiger partial charge in [0, 0.05) is 6.20 Å². The lowest BCUT2D eigenvalue weighted by Crippen LogP contribution is -2.38. The number of aromatic nitrogens is 1. The fraction of sp³-hybridized carbons (Fsp3) is 0.500. The van der Waals surface area contributed by atoms with E-state index in [4.69, 9.17) is 0 Å². The molecule has 0 radical (unpaired) electrons.